The highest BCUT2D eigenvalue weighted by atomic mass is 35.5. The van der Waals surface area contributed by atoms with Crippen LogP contribution in [0, 0.1) is 10.8 Å². The van der Waals surface area contributed by atoms with Crippen molar-refractivity contribution in [1.29, 1.82) is 10.8 Å². The van der Waals surface area contributed by atoms with Crippen molar-refractivity contribution >= 4 is 63.2 Å². The normalized spacial score (nSPS) is 17.4. The number of fused-ring (bicyclic) bond motifs is 2. The van der Waals surface area contributed by atoms with Gasteiger partial charge in [-0.15, -0.1) is 24.8 Å². The first-order valence-corrected chi connectivity index (χ1v) is 13.4. The van der Waals surface area contributed by atoms with Gasteiger partial charge in [-0.3, -0.25) is 10.8 Å². The Kier molecular flexibility index (Phi) is 8.82. The predicted octanol–water partition coefficient (Wildman–Crippen LogP) is 4.12. The van der Waals surface area contributed by atoms with Crippen LogP contribution in [0.1, 0.15) is 42.5 Å². The zero-order chi connectivity index (χ0) is 25.6. The van der Waals surface area contributed by atoms with Crippen LogP contribution in [0.4, 0.5) is 5.69 Å². The van der Waals surface area contributed by atoms with Crippen LogP contribution in [-0.2, 0) is 16.6 Å². The monoisotopic (exact) mass is 578 g/mol. The van der Waals surface area contributed by atoms with E-state index in [1.165, 1.54) is 4.31 Å². The Balaban J connectivity index is 0.00000200. The molecule has 2 aliphatic heterocycles. The van der Waals surface area contributed by atoms with E-state index >= 15 is 0 Å². The van der Waals surface area contributed by atoms with E-state index in [0.717, 1.165) is 47.8 Å². The lowest BCUT2D eigenvalue weighted by Crippen LogP contribution is -2.40. The number of nitrogens with one attached hydrogen (secondary N) is 2. The quantitative estimate of drug-likeness (QED) is 0.265. The second-order valence-electron chi connectivity index (χ2n) is 9.48. The molecule has 9 nitrogen and oxygen atoms in total. The Morgan fingerprint density at radius 3 is 2.29 bits per heavy atom. The fourth-order valence-corrected chi connectivity index (χ4v) is 6.19. The fourth-order valence-electron chi connectivity index (χ4n) is 5.18. The maximum Gasteiger partial charge on any atom is 0.299 e. The zero-order valence-corrected chi connectivity index (χ0v) is 23.3. The molecule has 0 aromatic heterocycles. The summed E-state index contributed by atoms with van der Waals surface area (Å²) in [5.74, 6) is 1.26. The van der Waals surface area contributed by atoms with Crippen molar-refractivity contribution in [3.05, 3.63) is 71.3 Å². The van der Waals surface area contributed by atoms with Crippen LogP contribution in [0.5, 0.6) is 5.75 Å². The van der Waals surface area contributed by atoms with Crippen LogP contribution in [-0.4, -0.2) is 44.2 Å². The number of nitrogens with two attached hydrogens (primary N) is 2. The van der Waals surface area contributed by atoms with E-state index in [1.807, 2.05) is 41.3 Å². The first kappa shape index (κ1) is 29.5. The molecule has 2 aliphatic rings. The van der Waals surface area contributed by atoms with Gasteiger partial charge in [0.2, 0.25) is 0 Å². The summed E-state index contributed by atoms with van der Waals surface area (Å²) < 4.78 is 32.9. The molecule has 3 aromatic rings. The molecule has 38 heavy (non-hydrogen) atoms. The highest BCUT2D eigenvalue weighted by molar-refractivity contribution is 7.90. The molecule has 6 N–H and O–H groups in total. The lowest BCUT2D eigenvalue weighted by Gasteiger charge is -2.32. The summed E-state index contributed by atoms with van der Waals surface area (Å²) in [6, 6.07) is 16.3. The van der Waals surface area contributed by atoms with Crippen LogP contribution in [0.15, 0.2) is 54.6 Å². The van der Waals surface area contributed by atoms with E-state index < -0.39 is 16.3 Å². The first-order chi connectivity index (χ1) is 17.1. The van der Waals surface area contributed by atoms with Gasteiger partial charge in [0, 0.05) is 37.9 Å². The van der Waals surface area contributed by atoms with Crippen LogP contribution in [0.3, 0.4) is 0 Å². The third-order valence-electron chi connectivity index (χ3n) is 7.04. The maximum atomic E-state index is 12.7. The molecule has 12 heteroatoms. The maximum absolute atomic E-state index is 12.7. The van der Waals surface area contributed by atoms with E-state index in [1.54, 1.807) is 25.1 Å². The summed E-state index contributed by atoms with van der Waals surface area (Å²) in [5.41, 5.74) is 8.50. The molecule has 0 amide bonds. The average Bonchev–Trinajstić information content (AvgIpc) is 3.23. The minimum absolute atomic E-state index is 0. The van der Waals surface area contributed by atoms with E-state index in [0.29, 0.717) is 29.3 Å². The number of hydrogen-bond donors (Lipinski definition) is 4. The molecule has 2 heterocycles. The summed E-state index contributed by atoms with van der Waals surface area (Å²) in [7, 11) is -4.03. The molecule has 204 valence electrons. The van der Waals surface area contributed by atoms with Crippen LogP contribution >= 0.6 is 24.8 Å². The highest BCUT2D eigenvalue weighted by Crippen LogP contribution is 2.43. The number of amidine groups is 2. The Morgan fingerprint density at radius 1 is 0.974 bits per heavy atom. The largest absolute Gasteiger partial charge is 0.490 e. The van der Waals surface area contributed by atoms with Crippen molar-refractivity contribution in [2.45, 2.75) is 38.3 Å². The third kappa shape index (κ3) is 5.83. The van der Waals surface area contributed by atoms with E-state index in [9.17, 15) is 8.42 Å². The minimum atomic E-state index is -4.03. The summed E-state index contributed by atoms with van der Waals surface area (Å²) >= 11 is 0. The van der Waals surface area contributed by atoms with Gasteiger partial charge in [-0.2, -0.15) is 8.42 Å². The molecule has 3 aromatic carbocycles. The van der Waals surface area contributed by atoms with E-state index in [2.05, 4.69) is 0 Å². The van der Waals surface area contributed by atoms with Crippen molar-refractivity contribution in [2.24, 2.45) is 10.9 Å². The summed E-state index contributed by atoms with van der Waals surface area (Å²) in [4.78, 5) is 2.04. The molecule has 5 rings (SSSR count). The summed E-state index contributed by atoms with van der Waals surface area (Å²) in [5, 5.41) is 23.1. The van der Waals surface area contributed by atoms with Crippen molar-refractivity contribution < 1.29 is 13.2 Å². The second kappa shape index (κ2) is 11.4. The molecule has 1 atom stereocenters. The van der Waals surface area contributed by atoms with Crippen molar-refractivity contribution in [1.82, 2.24) is 4.90 Å². The smallest absolute Gasteiger partial charge is 0.299 e. The second-order valence-corrected chi connectivity index (χ2v) is 10.9. The highest BCUT2D eigenvalue weighted by Gasteiger charge is 2.37. The van der Waals surface area contributed by atoms with E-state index in [-0.39, 0.29) is 36.8 Å². The summed E-state index contributed by atoms with van der Waals surface area (Å²) in [6.45, 7) is 3.38. The molecule has 0 spiro atoms. The fraction of sp³-hybridized carbons (Fsp3) is 0.308. The molecule has 1 fully saturated rings. The van der Waals surface area contributed by atoms with E-state index in [4.69, 9.17) is 26.4 Å². The van der Waals surface area contributed by atoms with Gasteiger partial charge >= 0.3 is 0 Å². The number of benzene rings is 3. The number of piperidine rings is 1. The Morgan fingerprint density at radius 2 is 1.66 bits per heavy atom. The number of likely N-dealkylation sites (tertiary alicyclic amines) is 1. The molecule has 0 bridgehead atoms. The van der Waals surface area contributed by atoms with Crippen LogP contribution in [0.2, 0.25) is 0 Å². The first-order valence-electron chi connectivity index (χ1n) is 11.9. The van der Waals surface area contributed by atoms with Crippen molar-refractivity contribution in [2.75, 3.05) is 17.4 Å². The lowest BCUT2D eigenvalue weighted by atomic mass is 9.98. The molecule has 0 aliphatic carbocycles. The summed E-state index contributed by atoms with van der Waals surface area (Å²) in [6.07, 6.45) is 2.19. The van der Waals surface area contributed by atoms with Gasteiger partial charge in [0.1, 0.15) is 17.7 Å². The van der Waals surface area contributed by atoms with Crippen molar-refractivity contribution in [3.63, 3.8) is 0 Å². The Bertz CT molecular complexity index is 1480. The van der Waals surface area contributed by atoms with Crippen molar-refractivity contribution in [3.8, 4) is 5.75 Å². The number of nitrogens with zero attached hydrogens (tertiary/aromatic N) is 2. The topological polar surface area (TPSA) is 150 Å². The minimum Gasteiger partial charge on any atom is -0.490 e. The molecular formula is C26H32Cl2N6O3S. The van der Waals surface area contributed by atoms with Gasteiger partial charge < -0.3 is 15.4 Å². The van der Waals surface area contributed by atoms with Gasteiger partial charge in [-0.1, -0.05) is 24.3 Å². The molecular weight excluding hydrogens is 547 g/mol. The third-order valence-corrected chi connectivity index (χ3v) is 8.04. The Labute approximate surface area is 235 Å². The van der Waals surface area contributed by atoms with Gasteiger partial charge in [-0.25, -0.2) is 9.44 Å². The molecule has 1 unspecified atom stereocenters. The standard InChI is InChI=1S/C26H30N6O3S.2ClH/c1-16(27)31-10-8-22(9-11-31)35-23-6-7-24-21(14-23)15-25(32(24)36(30,33)34)18-4-2-17-3-5-19(26(28)29)13-20(17)12-18;;/h2-7,12-14,22,25,27H,8-11,15H2,1H3,(H3,28,29)(H2,30,33,34);2*1H. The lowest BCUT2D eigenvalue weighted by molar-refractivity contribution is 0.130. The molecule has 1 saturated heterocycles. The van der Waals surface area contributed by atoms with Gasteiger partial charge in [0.15, 0.2) is 0 Å². The average molecular weight is 580 g/mol. The number of rotatable bonds is 5. The molecule has 0 radical (unpaired) electrons. The Hall–Kier alpha value is -3.05. The number of hydrogen-bond acceptors (Lipinski definition) is 5. The number of nitrogen functional groups attached to an aromatic ring is 1. The van der Waals surface area contributed by atoms with Gasteiger partial charge in [-0.05, 0) is 59.2 Å². The van der Waals surface area contributed by atoms with Crippen LogP contribution < -0.4 is 19.9 Å². The number of anilines is 1. The van der Waals surface area contributed by atoms with Gasteiger partial charge in [0.25, 0.3) is 10.2 Å². The number of halogens is 2. The number of ether oxygens (including phenoxy) is 1. The SMILES string of the molecule is CC(=N)N1CCC(Oc2ccc3c(c2)CC(c2ccc4ccc(C(=N)N)cc4c2)N3S(N)(=O)=O)CC1.Cl.Cl. The van der Waals surface area contributed by atoms with Gasteiger partial charge in [0.05, 0.1) is 17.6 Å². The van der Waals surface area contributed by atoms with Crippen LogP contribution in [0.25, 0.3) is 10.8 Å². The predicted molar refractivity (Wildman–Crippen MR) is 157 cm³/mol. The molecule has 0 saturated carbocycles. The zero-order valence-electron chi connectivity index (χ0n) is 20.9.